The third-order valence-corrected chi connectivity index (χ3v) is 1.65. The summed E-state index contributed by atoms with van der Waals surface area (Å²) in [5.41, 5.74) is -1.36. The first-order valence-corrected chi connectivity index (χ1v) is 3.26. The van der Waals surface area contributed by atoms with E-state index < -0.39 is 16.9 Å². The van der Waals surface area contributed by atoms with Gasteiger partial charge in [0.2, 0.25) is 0 Å². The molecular weight excluding hydrogens is 159 g/mol. The Kier molecular flexibility index (Phi) is 2.91. The fourth-order valence-electron chi connectivity index (χ4n) is 0.487. The number of nitrogens with zero attached hydrogens (tertiary/aromatic N) is 1. The Balaban J connectivity index is 4.35. The third-order valence-electron chi connectivity index (χ3n) is 1.65. The van der Waals surface area contributed by atoms with Crippen LogP contribution < -0.4 is 0 Å². The summed E-state index contributed by atoms with van der Waals surface area (Å²) in [5, 5.41) is 9.69. The van der Waals surface area contributed by atoms with Crippen molar-refractivity contribution in [2.75, 3.05) is 0 Å². The number of hydroxylamine groups is 2. The van der Waals surface area contributed by atoms with Gasteiger partial charge in [-0.1, -0.05) is 12.0 Å². The van der Waals surface area contributed by atoms with Gasteiger partial charge in [-0.05, 0) is 20.3 Å². The smallest absolute Gasteiger partial charge is 0.154 e. The Hall–Kier alpha value is -0.290. The number of rotatable bonds is 2. The molecule has 0 aliphatic heterocycles. The lowest BCUT2D eigenvalue weighted by molar-refractivity contribution is -0.410. The van der Waals surface area contributed by atoms with Crippen LogP contribution in [0, 0.1) is 0 Å². The van der Waals surface area contributed by atoms with Gasteiger partial charge in [0.05, 0.1) is 5.54 Å². The van der Waals surface area contributed by atoms with E-state index in [-0.39, 0.29) is 6.42 Å². The Morgan fingerprint density at radius 3 is 1.73 bits per heavy atom. The topological polar surface area (TPSA) is 23.1 Å². The first-order chi connectivity index (χ1) is 4.72. The monoisotopic (exact) mass is 170 g/mol. The van der Waals surface area contributed by atoms with Crippen LogP contribution >= 0.6 is 0 Å². The molecule has 0 spiro atoms. The molecule has 1 radical (unpaired) electrons. The van der Waals surface area contributed by atoms with Crippen molar-refractivity contribution in [3.05, 3.63) is 0 Å². The lowest BCUT2D eigenvalue weighted by Crippen LogP contribution is -2.48. The maximum atomic E-state index is 11.7. The van der Waals surface area contributed by atoms with Crippen LogP contribution in [0.5, 0.6) is 0 Å². The lowest BCUT2D eigenvalue weighted by atomic mass is 10.0. The third kappa shape index (κ3) is 2.67. The second-order valence-corrected chi connectivity index (χ2v) is 2.93. The Labute approximate surface area is 63.6 Å². The van der Waals surface area contributed by atoms with E-state index in [4.69, 9.17) is 0 Å². The fraction of sp³-hybridized carbons (Fsp3) is 1.00. The molecule has 5 heteroatoms. The minimum atomic E-state index is -4.78. The average molecular weight is 170 g/mol. The molecule has 0 aromatic rings. The van der Waals surface area contributed by atoms with Crippen LogP contribution in [0.1, 0.15) is 27.2 Å². The van der Waals surface area contributed by atoms with Crippen molar-refractivity contribution >= 4 is 0 Å². The van der Waals surface area contributed by atoms with Crippen molar-refractivity contribution in [2.24, 2.45) is 0 Å². The predicted molar refractivity (Wildman–Crippen MR) is 33.0 cm³/mol. The Morgan fingerprint density at radius 2 is 1.64 bits per heavy atom. The molecule has 0 N–H and O–H groups in total. The van der Waals surface area contributed by atoms with E-state index in [9.17, 15) is 18.4 Å². The second-order valence-electron chi connectivity index (χ2n) is 2.93. The molecule has 67 valence electrons. The first-order valence-electron chi connectivity index (χ1n) is 3.26. The second kappa shape index (κ2) is 2.98. The molecule has 0 rings (SSSR count). The first kappa shape index (κ1) is 10.7. The van der Waals surface area contributed by atoms with Crippen molar-refractivity contribution in [3.8, 4) is 0 Å². The zero-order chi connectivity index (χ0) is 9.28. The quantitative estimate of drug-likeness (QED) is 0.460. The van der Waals surface area contributed by atoms with E-state index >= 15 is 0 Å². The van der Waals surface area contributed by atoms with Gasteiger partial charge >= 0.3 is 6.30 Å². The minimum Gasteiger partial charge on any atom is -0.154 e. The molecule has 2 nitrogen and oxygen atoms in total. The highest BCUT2D eigenvalue weighted by atomic mass is 19.4. The summed E-state index contributed by atoms with van der Waals surface area (Å²) in [6.07, 6.45) is -4.62. The molecular formula is C6H11F3NO. The summed E-state index contributed by atoms with van der Waals surface area (Å²) in [6, 6.07) is 0. The summed E-state index contributed by atoms with van der Waals surface area (Å²) >= 11 is 0. The normalized spacial score (nSPS) is 14.2. The number of hydrogen-bond donors (Lipinski definition) is 0. The maximum absolute atomic E-state index is 11.7. The van der Waals surface area contributed by atoms with E-state index in [1.807, 2.05) is 0 Å². The molecule has 11 heavy (non-hydrogen) atoms. The van der Waals surface area contributed by atoms with Crippen LogP contribution in [-0.4, -0.2) is 16.9 Å². The Bertz CT molecular complexity index is 132. The average Bonchev–Trinajstić information content (AvgIpc) is 1.84. The lowest BCUT2D eigenvalue weighted by Gasteiger charge is -2.30. The molecule has 0 bridgehead atoms. The molecule has 0 unspecified atom stereocenters. The van der Waals surface area contributed by atoms with E-state index in [2.05, 4.69) is 0 Å². The highest BCUT2D eigenvalue weighted by Gasteiger charge is 2.46. The van der Waals surface area contributed by atoms with Crippen molar-refractivity contribution in [1.82, 2.24) is 5.06 Å². The summed E-state index contributed by atoms with van der Waals surface area (Å²) in [6.45, 7) is 4.05. The van der Waals surface area contributed by atoms with Crippen LogP contribution in [0.25, 0.3) is 0 Å². The van der Waals surface area contributed by atoms with Crippen LogP contribution in [-0.2, 0) is 5.21 Å². The SMILES string of the molecule is CCC(C)(C)N([O])C(F)(F)F. The van der Waals surface area contributed by atoms with Crippen molar-refractivity contribution < 1.29 is 18.4 Å². The molecule has 0 atom stereocenters. The van der Waals surface area contributed by atoms with Gasteiger partial charge in [0, 0.05) is 0 Å². The van der Waals surface area contributed by atoms with Crippen molar-refractivity contribution in [2.45, 2.75) is 39.0 Å². The summed E-state index contributed by atoms with van der Waals surface area (Å²) < 4.78 is 35.2. The van der Waals surface area contributed by atoms with Gasteiger partial charge in [0.15, 0.2) is 0 Å². The van der Waals surface area contributed by atoms with Crippen LogP contribution in [0.4, 0.5) is 13.2 Å². The molecule has 0 aromatic carbocycles. The maximum Gasteiger partial charge on any atom is 0.485 e. The number of alkyl halides is 3. The zero-order valence-corrected chi connectivity index (χ0v) is 6.70. The summed E-state index contributed by atoms with van der Waals surface area (Å²) in [4.78, 5) is 0. The van der Waals surface area contributed by atoms with Crippen molar-refractivity contribution in [1.29, 1.82) is 0 Å². The largest absolute Gasteiger partial charge is 0.485 e. The van der Waals surface area contributed by atoms with Gasteiger partial charge in [0.1, 0.15) is 0 Å². The number of hydrogen-bond acceptors (Lipinski definition) is 1. The zero-order valence-electron chi connectivity index (χ0n) is 6.70. The van der Waals surface area contributed by atoms with Gasteiger partial charge in [-0.25, -0.2) is 0 Å². The van der Waals surface area contributed by atoms with Crippen LogP contribution in [0.15, 0.2) is 0 Å². The Morgan fingerprint density at radius 1 is 1.27 bits per heavy atom. The molecule has 0 fully saturated rings. The van der Waals surface area contributed by atoms with Gasteiger partial charge in [-0.15, -0.1) is 5.21 Å². The standard InChI is InChI=1S/C6H11F3NO/c1-4-5(2,3)10(11)6(7,8)9/h4H2,1-3H3. The molecule has 0 aliphatic rings. The van der Waals surface area contributed by atoms with E-state index in [0.717, 1.165) is 0 Å². The van der Waals surface area contributed by atoms with Gasteiger partial charge in [0.25, 0.3) is 0 Å². The van der Waals surface area contributed by atoms with Gasteiger partial charge in [-0.3, -0.25) is 0 Å². The molecule has 0 aromatic heterocycles. The minimum absolute atomic E-state index is 0.163. The predicted octanol–water partition coefficient (Wildman–Crippen LogP) is 2.34. The van der Waals surface area contributed by atoms with Crippen LogP contribution in [0.2, 0.25) is 0 Å². The van der Waals surface area contributed by atoms with Gasteiger partial charge < -0.3 is 0 Å². The van der Waals surface area contributed by atoms with E-state index in [1.54, 1.807) is 0 Å². The molecule has 0 aliphatic carbocycles. The van der Waals surface area contributed by atoms with Gasteiger partial charge in [-0.2, -0.15) is 13.2 Å². The van der Waals surface area contributed by atoms with E-state index in [1.165, 1.54) is 20.8 Å². The molecule has 0 amide bonds. The van der Waals surface area contributed by atoms with Crippen molar-refractivity contribution in [3.63, 3.8) is 0 Å². The highest BCUT2D eigenvalue weighted by Crippen LogP contribution is 2.29. The van der Waals surface area contributed by atoms with Crippen LogP contribution in [0.3, 0.4) is 0 Å². The highest BCUT2D eigenvalue weighted by molar-refractivity contribution is 4.74. The summed E-state index contributed by atoms with van der Waals surface area (Å²) in [5.74, 6) is 0. The number of halogens is 3. The molecule has 0 heterocycles. The van der Waals surface area contributed by atoms with E-state index in [0.29, 0.717) is 0 Å². The fourth-order valence-corrected chi connectivity index (χ4v) is 0.487. The summed E-state index contributed by atoms with van der Waals surface area (Å²) in [7, 11) is 0. The molecule has 0 saturated heterocycles. The molecule has 0 saturated carbocycles.